The van der Waals surface area contributed by atoms with Crippen LogP contribution in [0.3, 0.4) is 0 Å². The topological polar surface area (TPSA) is 26.0 Å². The van der Waals surface area contributed by atoms with E-state index < -0.39 is 0 Å². The predicted molar refractivity (Wildman–Crippen MR) is 63.2 cm³/mol. The van der Waals surface area contributed by atoms with Crippen LogP contribution in [0, 0.1) is 5.92 Å². The molecule has 1 saturated carbocycles. The molecule has 1 nitrogen and oxygen atoms in total. The van der Waals surface area contributed by atoms with E-state index in [0.717, 1.165) is 23.4 Å². The Kier molecular flexibility index (Phi) is 4.24. The summed E-state index contributed by atoms with van der Waals surface area (Å²) in [6.45, 7) is 0.837. The second-order valence-corrected chi connectivity index (χ2v) is 4.26. The molecule has 0 radical (unpaired) electrons. The Balaban J connectivity index is 0.000000980. The summed E-state index contributed by atoms with van der Waals surface area (Å²) in [5, 5.41) is 0.818. The molecule has 2 rings (SSSR count). The summed E-state index contributed by atoms with van der Waals surface area (Å²) in [7, 11) is 0. The molecule has 0 aliphatic heterocycles. The summed E-state index contributed by atoms with van der Waals surface area (Å²) in [6, 6.07) is 8.18. The van der Waals surface area contributed by atoms with Crippen LogP contribution in [0.5, 0.6) is 0 Å². The number of hydrogen-bond acceptors (Lipinski definition) is 1. The zero-order valence-corrected chi connectivity index (χ0v) is 9.52. The zero-order chi connectivity index (χ0) is 9.26. The van der Waals surface area contributed by atoms with Gasteiger partial charge in [-0.2, -0.15) is 0 Å². The van der Waals surface area contributed by atoms with Crippen LogP contribution >= 0.6 is 24.0 Å². The van der Waals surface area contributed by atoms with Crippen molar-refractivity contribution in [2.45, 2.75) is 18.8 Å². The average molecular weight is 232 g/mol. The van der Waals surface area contributed by atoms with Crippen LogP contribution in [-0.4, -0.2) is 6.54 Å². The number of rotatable bonds is 2. The largest absolute Gasteiger partial charge is 0.330 e. The van der Waals surface area contributed by atoms with Gasteiger partial charge >= 0.3 is 0 Å². The van der Waals surface area contributed by atoms with Crippen LogP contribution in [-0.2, 0) is 0 Å². The first-order valence-electron chi connectivity index (χ1n) is 4.75. The SMILES string of the molecule is Cl.NCC1CC(c2ccc(Cl)cc2)C1. The van der Waals surface area contributed by atoms with Crippen LogP contribution in [0.4, 0.5) is 0 Å². The molecular formula is C11H15Cl2N. The van der Waals surface area contributed by atoms with E-state index in [9.17, 15) is 0 Å². The first-order valence-corrected chi connectivity index (χ1v) is 5.13. The predicted octanol–water partition coefficient (Wildman–Crippen LogP) is 3.21. The molecule has 0 saturated heterocycles. The average Bonchev–Trinajstić information content (AvgIpc) is 2.06. The van der Waals surface area contributed by atoms with E-state index in [4.69, 9.17) is 17.3 Å². The number of nitrogens with two attached hydrogens (primary N) is 1. The Bertz CT molecular complexity index is 278. The monoisotopic (exact) mass is 231 g/mol. The van der Waals surface area contributed by atoms with Crippen molar-refractivity contribution >= 4 is 24.0 Å². The van der Waals surface area contributed by atoms with E-state index in [2.05, 4.69) is 12.1 Å². The van der Waals surface area contributed by atoms with Crippen LogP contribution in [0.25, 0.3) is 0 Å². The lowest BCUT2D eigenvalue weighted by Crippen LogP contribution is -2.28. The normalized spacial score (nSPS) is 25.0. The Morgan fingerprint density at radius 1 is 1.21 bits per heavy atom. The Labute approximate surface area is 96.0 Å². The molecule has 0 bridgehead atoms. The van der Waals surface area contributed by atoms with Crippen LogP contribution in [0.15, 0.2) is 24.3 Å². The van der Waals surface area contributed by atoms with Gasteiger partial charge in [0.05, 0.1) is 0 Å². The minimum absolute atomic E-state index is 0. The van der Waals surface area contributed by atoms with Gasteiger partial charge in [0, 0.05) is 5.02 Å². The van der Waals surface area contributed by atoms with Gasteiger partial charge in [0.1, 0.15) is 0 Å². The van der Waals surface area contributed by atoms with Crippen molar-refractivity contribution in [2.24, 2.45) is 11.7 Å². The van der Waals surface area contributed by atoms with E-state index in [-0.39, 0.29) is 12.4 Å². The standard InChI is InChI=1S/C11H14ClN.ClH/c12-11-3-1-9(2-4-11)10-5-8(6-10)7-13;/h1-4,8,10H,5-7,13H2;1H. The molecule has 0 spiro atoms. The Morgan fingerprint density at radius 2 is 1.79 bits per heavy atom. The van der Waals surface area contributed by atoms with Gasteiger partial charge in [-0.15, -0.1) is 12.4 Å². The number of hydrogen-bond donors (Lipinski definition) is 1. The fraction of sp³-hybridized carbons (Fsp3) is 0.455. The summed E-state index contributed by atoms with van der Waals surface area (Å²) in [4.78, 5) is 0. The smallest absolute Gasteiger partial charge is 0.0406 e. The Hall–Kier alpha value is -0.240. The van der Waals surface area contributed by atoms with Crippen LogP contribution < -0.4 is 5.73 Å². The molecule has 0 heterocycles. The molecule has 1 aromatic rings. The molecule has 78 valence electrons. The van der Waals surface area contributed by atoms with Gasteiger partial charge in [-0.1, -0.05) is 23.7 Å². The van der Waals surface area contributed by atoms with Crippen LogP contribution in [0.1, 0.15) is 24.3 Å². The number of halogens is 2. The Morgan fingerprint density at radius 3 is 2.29 bits per heavy atom. The highest BCUT2D eigenvalue weighted by Gasteiger charge is 2.28. The summed E-state index contributed by atoms with van der Waals surface area (Å²) in [5.74, 6) is 1.48. The maximum Gasteiger partial charge on any atom is 0.0406 e. The quantitative estimate of drug-likeness (QED) is 0.832. The molecule has 0 atom stereocenters. The van der Waals surface area contributed by atoms with E-state index in [1.165, 1.54) is 18.4 Å². The van der Waals surface area contributed by atoms with Gasteiger partial charge in [-0.3, -0.25) is 0 Å². The van der Waals surface area contributed by atoms with Crippen molar-refractivity contribution in [1.29, 1.82) is 0 Å². The second kappa shape index (κ2) is 5.01. The highest BCUT2D eigenvalue weighted by atomic mass is 35.5. The van der Waals surface area contributed by atoms with Crippen molar-refractivity contribution < 1.29 is 0 Å². The van der Waals surface area contributed by atoms with Crippen LogP contribution in [0.2, 0.25) is 5.02 Å². The molecule has 0 amide bonds. The maximum absolute atomic E-state index is 5.81. The lowest BCUT2D eigenvalue weighted by atomic mass is 9.71. The second-order valence-electron chi connectivity index (χ2n) is 3.82. The third-order valence-electron chi connectivity index (χ3n) is 2.91. The minimum Gasteiger partial charge on any atom is -0.330 e. The molecule has 14 heavy (non-hydrogen) atoms. The molecule has 2 N–H and O–H groups in total. The lowest BCUT2D eigenvalue weighted by molar-refractivity contribution is 0.272. The van der Waals surface area contributed by atoms with Crippen molar-refractivity contribution in [2.75, 3.05) is 6.54 Å². The van der Waals surface area contributed by atoms with Gasteiger partial charge < -0.3 is 5.73 Å². The summed E-state index contributed by atoms with van der Waals surface area (Å²) in [6.07, 6.45) is 2.50. The van der Waals surface area contributed by atoms with E-state index in [1.54, 1.807) is 0 Å². The fourth-order valence-corrected chi connectivity index (χ4v) is 2.06. The van der Waals surface area contributed by atoms with E-state index in [1.807, 2.05) is 12.1 Å². The third kappa shape index (κ3) is 2.41. The molecule has 1 fully saturated rings. The lowest BCUT2D eigenvalue weighted by Gasteiger charge is -2.34. The molecule has 0 aromatic heterocycles. The van der Waals surface area contributed by atoms with Gasteiger partial charge in [-0.05, 0) is 48.9 Å². The van der Waals surface area contributed by atoms with Gasteiger partial charge in [0.25, 0.3) is 0 Å². The van der Waals surface area contributed by atoms with E-state index >= 15 is 0 Å². The molecule has 3 heteroatoms. The molecular weight excluding hydrogens is 217 g/mol. The summed E-state index contributed by atoms with van der Waals surface area (Å²) >= 11 is 5.81. The molecule has 1 aromatic carbocycles. The summed E-state index contributed by atoms with van der Waals surface area (Å²) < 4.78 is 0. The minimum atomic E-state index is 0. The van der Waals surface area contributed by atoms with Crippen molar-refractivity contribution in [3.8, 4) is 0 Å². The first-order chi connectivity index (χ1) is 6.29. The van der Waals surface area contributed by atoms with Gasteiger partial charge in [0.15, 0.2) is 0 Å². The van der Waals surface area contributed by atoms with Crippen molar-refractivity contribution in [1.82, 2.24) is 0 Å². The van der Waals surface area contributed by atoms with E-state index in [0.29, 0.717) is 0 Å². The third-order valence-corrected chi connectivity index (χ3v) is 3.16. The number of benzene rings is 1. The first kappa shape index (κ1) is 11.8. The fourth-order valence-electron chi connectivity index (χ4n) is 1.94. The molecule has 0 unspecified atom stereocenters. The highest BCUT2D eigenvalue weighted by molar-refractivity contribution is 6.30. The highest BCUT2D eigenvalue weighted by Crippen LogP contribution is 2.40. The molecule has 1 aliphatic carbocycles. The van der Waals surface area contributed by atoms with Gasteiger partial charge in [0.2, 0.25) is 0 Å². The van der Waals surface area contributed by atoms with Crippen molar-refractivity contribution in [3.05, 3.63) is 34.9 Å². The zero-order valence-electron chi connectivity index (χ0n) is 7.95. The van der Waals surface area contributed by atoms with Gasteiger partial charge in [-0.25, -0.2) is 0 Å². The summed E-state index contributed by atoms with van der Waals surface area (Å²) in [5.41, 5.74) is 6.99. The molecule has 1 aliphatic rings. The van der Waals surface area contributed by atoms with Crippen molar-refractivity contribution in [3.63, 3.8) is 0 Å². The maximum atomic E-state index is 5.81.